The molecule has 1 rings (SSSR count). The summed E-state index contributed by atoms with van der Waals surface area (Å²) < 4.78 is 0.630. The van der Waals surface area contributed by atoms with E-state index in [9.17, 15) is 4.79 Å². The lowest BCUT2D eigenvalue weighted by Gasteiger charge is -2.12. The van der Waals surface area contributed by atoms with Crippen molar-refractivity contribution in [2.45, 2.75) is 0 Å². The van der Waals surface area contributed by atoms with Crippen LogP contribution in [0.3, 0.4) is 0 Å². The first-order chi connectivity index (χ1) is 6.11. The summed E-state index contributed by atoms with van der Waals surface area (Å²) in [6.07, 6.45) is 1.65. The van der Waals surface area contributed by atoms with Gasteiger partial charge in [-0.05, 0) is 28.1 Å². The van der Waals surface area contributed by atoms with Gasteiger partial charge in [0.05, 0.1) is 5.69 Å². The van der Waals surface area contributed by atoms with E-state index in [1.165, 1.54) is 4.90 Å². The molecule has 0 atom stereocenters. The molecule has 0 bridgehead atoms. The first kappa shape index (κ1) is 9.98. The number of amides is 2. The SMILES string of the molecule is CN(C)C(=O)Nc1cccnc1Br. The second-order valence-electron chi connectivity index (χ2n) is 2.67. The third-order valence-corrected chi connectivity index (χ3v) is 2.04. The number of nitrogens with one attached hydrogen (secondary N) is 1. The van der Waals surface area contributed by atoms with E-state index in [-0.39, 0.29) is 6.03 Å². The highest BCUT2D eigenvalue weighted by Gasteiger charge is 2.06. The molecule has 0 spiro atoms. The number of pyridine rings is 1. The van der Waals surface area contributed by atoms with Crippen LogP contribution < -0.4 is 5.32 Å². The van der Waals surface area contributed by atoms with Crippen LogP contribution in [0.1, 0.15) is 0 Å². The fraction of sp³-hybridized carbons (Fsp3) is 0.250. The number of aromatic nitrogens is 1. The van der Waals surface area contributed by atoms with Crippen LogP contribution in [-0.2, 0) is 0 Å². The van der Waals surface area contributed by atoms with Crippen LogP contribution in [0.25, 0.3) is 0 Å². The van der Waals surface area contributed by atoms with Crippen LogP contribution in [0.2, 0.25) is 0 Å². The Balaban J connectivity index is 2.75. The van der Waals surface area contributed by atoms with Gasteiger partial charge in [-0.3, -0.25) is 0 Å². The molecule has 0 aliphatic rings. The summed E-state index contributed by atoms with van der Waals surface area (Å²) in [5, 5.41) is 2.69. The lowest BCUT2D eigenvalue weighted by molar-refractivity contribution is 0.230. The summed E-state index contributed by atoms with van der Waals surface area (Å²) in [6.45, 7) is 0. The molecule has 0 aliphatic heterocycles. The average molecular weight is 244 g/mol. The van der Waals surface area contributed by atoms with Crippen molar-refractivity contribution in [3.63, 3.8) is 0 Å². The maximum atomic E-state index is 11.2. The van der Waals surface area contributed by atoms with Gasteiger partial charge in [0.1, 0.15) is 4.60 Å². The third-order valence-electron chi connectivity index (χ3n) is 1.41. The molecular weight excluding hydrogens is 234 g/mol. The quantitative estimate of drug-likeness (QED) is 0.767. The van der Waals surface area contributed by atoms with Gasteiger partial charge in [0.25, 0.3) is 0 Å². The van der Waals surface area contributed by atoms with Gasteiger partial charge in [-0.25, -0.2) is 9.78 Å². The lowest BCUT2D eigenvalue weighted by atomic mass is 10.4. The Morgan fingerprint density at radius 3 is 2.85 bits per heavy atom. The van der Waals surface area contributed by atoms with E-state index in [1.807, 2.05) is 0 Å². The Morgan fingerprint density at radius 2 is 2.31 bits per heavy atom. The molecule has 1 aromatic heterocycles. The number of carbonyl (C=O) groups is 1. The van der Waals surface area contributed by atoms with Crippen molar-refractivity contribution in [1.82, 2.24) is 9.88 Å². The van der Waals surface area contributed by atoms with E-state index in [2.05, 4.69) is 26.2 Å². The highest BCUT2D eigenvalue weighted by atomic mass is 79.9. The molecule has 0 unspecified atom stereocenters. The van der Waals surface area contributed by atoms with Crippen LogP contribution in [0.15, 0.2) is 22.9 Å². The Hall–Kier alpha value is -1.10. The van der Waals surface area contributed by atoms with Gasteiger partial charge < -0.3 is 10.2 Å². The van der Waals surface area contributed by atoms with Gasteiger partial charge in [0, 0.05) is 20.3 Å². The topological polar surface area (TPSA) is 45.2 Å². The van der Waals surface area contributed by atoms with Crippen molar-refractivity contribution in [1.29, 1.82) is 0 Å². The van der Waals surface area contributed by atoms with Gasteiger partial charge >= 0.3 is 6.03 Å². The summed E-state index contributed by atoms with van der Waals surface area (Å²) in [5.41, 5.74) is 0.668. The molecule has 0 aliphatic carbocycles. The van der Waals surface area contributed by atoms with Crippen LogP contribution in [0.5, 0.6) is 0 Å². The fourth-order valence-corrected chi connectivity index (χ4v) is 1.06. The number of nitrogens with zero attached hydrogens (tertiary/aromatic N) is 2. The summed E-state index contributed by atoms with van der Waals surface area (Å²) in [6, 6.07) is 3.36. The minimum absolute atomic E-state index is 0.172. The maximum absolute atomic E-state index is 11.2. The Morgan fingerprint density at radius 1 is 1.62 bits per heavy atom. The monoisotopic (exact) mass is 243 g/mol. The molecule has 2 amide bonds. The number of carbonyl (C=O) groups excluding carboxylic acids is 1. The average Bonchev–Trinajstić information content (AvgIpc) is 2.08. The minimum Gasteiger partial charge on any atom is -0.331 e. The zero-order valence-electron chi connectivity index (χ0n) is 7.41. The molecule has 0 radical (unpaired) electrons. The highest BCUT2D eigenvalue weighted by Crippen LogP contribution is 2.18. The van der Waals surface area contributed by atoms with Gasteiger partial charge in [0.15, 0.2) is 0 Å². The predicted molar refractivity (Wildman–Crippen MR) is 54.6 cm³/mol. The second-order valence-corrected chi connectivity index (χ2v) is 3.42. The third kappa shape index (κ3) is 2.69. The maximum Gasteiger partial charge on any atom is 0.321 e. The van der Waals surface area contributed by atoms with Crippen LogP contribution in [-0.4, -0.2) is 30.0 Å². The number of rotatable bonds is 1. The van der Waals surface area contributed by atoms with Crippen LogP contribution >= 0.6 is 15.9 Å². The lowest BCUT2D eigenvalue weighted by Crippen LogP contribution is -2.27. The normalized spacial score (nSPS) is 9.46. The molecule has 4 nitrogen and oxygen atoms in total. The largest absolute Gasteiger partial charge is 0.331 e. The number of hydrogen-bond acceptors (Lipinski definition) is 2. The molecule has 5 heteroatoms. The van der Waals surface area contributed by atoms with Crippen molar-refractivity contribution in [3.8, 4) is 0 Å². The van der Waals surface area contributed by atoms with E-state index in [1.54, 1.807) is 32.4 Å². The Bertz CT molecular complexity index is 314. The van der Waals surface area contributed by atoms with Crippen LogP contribution in [0.4, 0.5) is 10.5 Å². The van der Waals surface area contributed by atoms with Gasteiger partial charge in [-0.1, -0.05) is 0 Å². The van der Waals surface area contributed by atoms with Crippen molar-refractivity contribution in [3.05, 3.63) is 22.9 Å². The van der Waals surface area contributed by atoms with Crippen molar-refractivity contribution in [2.24, 2.45) is 0 Å². The molecule has 70 valence electrons. The van der Waals surface area contributed by atoms with Crippen LogP contribution in [0, 0.1) is 0 Å². The standard InChI is InChI=1S/C8H10BrN3O/c1-12(2)8(13)11-6-4-3-5-10-7(6)9/h3-5H,1-2H3,(H,11,13). The summed E-state index contributed by atoms with van der Waals surface area (Å²) in [7, 11) is 3.36. The smallest absolute Gasteiger partial charge is 0.321 e. The number of hydrogen-bond donors (Lipinski definition) is 1. The van der Waals surface area contributed by atoms with E-state index in [0.717, 1.165) is 0 Å². The van der Waals surface area contributed by atoms with Gasteiger partial charge in [-0.15, -0.1) is 0 Å². The summed E-state index contributed by atoms with van der Waals surface area (Å²) >= 11 is 3.23. The van der Waals surface area contributed by atoms with E-state index in [4.69, 9.17) is 0 Å². The summed E-state index contributed by atoms with van der Waals surface area (Å²) in [4.78, 5) is 16.7. The number of urea groups is 1. The molecule has 1 N–H and O–H groups in total. The van der Waals surface area contributed by atoms with E-state index < -0.39 is 0 Å². The molecule has 0 fully saturated rings. The fourth-order valence-electron chi connectivity index (χ4n) is 0.706. The number of anilines is 1. The Labute approximate surface area is 85.1 Å². The molecule has 0 saturated carbocycles. The van der Waals surface area contributed by atoms with Gasteiger partial charge in [0.2, 0.25) is 0 Å². The van der Waals surface area contributed by atoms with E-state index >= 15 is 0 Å². The predicted octanol–water partition coefficient (Wildman–Crippen LogP) is 1.94. The summed E-state index contributed by atoms with van der Waals surface area (Å²) in [5.74, 6) is 0. The molecule has 1 heterocycles. The molecular formula is C8H10BrN3O. The molecule has 1 aromatic rings. The first-order valence-electron chi connectivity index (χ1n) is 3.70. The second kappa shape index (κ2) is 4.23. The Kier molecular flexibility index (Phi) is 3.25. The van der Waals surface area contributed by atoms with Gasteiger partial charge in [-0.2, -0.15) is 0 Å². The minimum atomic E-state index is -0.172. The zero-order valence-corrected chi connectivity index (χ0v) is 9.00. The number of halogens is 1. The van der Waals surface area contributed by atoms with Crippen molar-refractivity contribution >= 4 is 27.6 Å². The zero-order chi connectivity index (χ0) is 9.84. The van der Waals surface area contributed by atoms with Crippen molar-refractivity contribution in [2.75, 3.05) is 19.4 Å². The first-order valence-corrected chi connectivity index (χ1v) is 4.49. The molecule has 0 aromatic carbocycles. The van der Waals surface area contributed by atoms with Crippen molar-refractivity contribution < 1.29 is 4.79 Å². The highest BCUT2D eigenvalue weighted by molar-refractivity contribution is 9.10. The van der Waals surface area contributed by atoms with E-state index in [0.29, 0.717) is 10.3 Å². The molecule has 0 saturated heterocycles. The molecule has 13 heavy (non-hydrogen) atoms.